The first-order valence-corrected chi connectivity index (χ1v) is 9.41. The van der Waals surface area contributed by atoms with E-state index >= 15 is 0 Å². The maximum Gasteiger partial charge on any atom is 0.341 e. The van der Waals surface area contributed by atoms with E-state index in [4.69, 9.17) is 21.7 Å². The van der Waals surface area contributed by atoms with Gasteiger partial charge in [0, 0.05) is 18.0 Å². The summed E-state index contributed by atoms with van der Waals surface area (Å²) in [7, 11) is 0. The van der Waals surface area contributed by atoms with Gasteiger partial charge in [-0.25, -0.2) is 4.79 Å². The van der Waals surface area contributed by atoms with Gasteiger partial charge in [-0.05, 0) is 30.8 Å². The monoisotopic (exact) mass is 376 g/mol. The van der Waals surface area contributed by atoms with Crippen LogP contribution in [-0.4, -0.2) is 48.9 Å². The Kier molecular flexibility index (Phi) is 6.01. The average Bonchev–Trinajstić information content (AvgIpc) is 3.07. The Morgan fingerprint density at radius 2 is 2.04 bits per heavy atom. The summed E-state index contributed by atoms with van der Waals surface area (Å²) in [4.78, 5) is 15.4. The second-order valence-electron chi connectivity index (χ2n) is 5.47. The van der Waals surface area contributed by atoms with E-state index in [-0.39, 0.29) is 5.97 Å². The maximum atomic E-state index is 12.3. The zero-order valence-electron chi connectivity index (χ0n) is 14.0. The number of rotatable bonds is 4. The number of nitrogens with one attached hydrogen (secondary N) is 1. The second-order valence-corrected chi connectivity index (χ2v) is 6.91. The van der Waals surface area contributed by atoms with E-state index < -0.39 is 0 Å². The van der Waals surface area contributed by atoms with Gasteiger partial charge in [-0.15, -0.1) is 11.3 Å². The van der Waals surface area contributed by atoms with Gasteiger partial charge in [0.05, 0.1) is 25.4 Å². The van der Waals surface area contributed by atoms with Crippen LogP contribution in [0.3, 0.4) is 0 Å². The molecule has 0 radical (unpaired) electrons. The minimum atomic E-state index is -0.340. The lowest BCUT2D eigenvalue weighted by Gasteiger charge is -2.29. The van der Waals surface area contributed by atoms with Crippen molar-refractivity contribution in [2.24, 2.45) is 0 Å². The Bertz CT molecular complexity index is 740. The molecule has 1 aromatic heterocycles. The number of ether oxygens (including phenoxy) is 2. The van der Waals surface area contributed by atoms with Crippen LogP contribution in [0.5, 0.6) is 0 Å². The molecular formula is C18H20N2O3S2. The lowest BCUT2D eigenvalue weighted by molar-refractivity contribution is 0.0528. The van der Waals surface area contributed by atoms with E-state index in [1.165, 1.54) is 11.3 Å². The molecule has 0 atom stereocenters. The number of hydrogen-bond donors (Lipinski definition) is 1. The lowest BCUT2D eigenvalue weighted by atomic mass is 10.1. The molecule has 7 heteroatoms. The van der Waals surface area contributed by atoms with E-state index in [9.17, 15) is 4.79 Å². The highest BCUT2D eigenvalue weighted by Gasteiger charge is 2.21. The fourth-order valence-electron chi connectivity index (χ4n) is 2.53. The van der Waals surface area contributed by atoms with Gasteiger partial charge in [0.2, 0.25) is 0 Å². The molecule has 0 bridgehead atoms. The number of hydrogen-bond acceptors (Lipinski definition) is 5. The molecule has 3 rings (SSSR count). The summed E-state index contributed by atoms with van der Waals surface area (Å²) >= 11 is 7.01. The SMILES string of the molecule is CCOC(=O)c1cc(-c2ccccc2)sc1NC(=S)N1CCOCC1. The largest absolute Gasteiger partial charge is 0.462 e. The van der Waals surface area contributed by atoms with Crippen LogP contribution in [0.1, 0.15) is 17.3 Å². The number of thiocarbonyl (C=S) groups is 1. The van der Waals surface area contributed by atoms with Crippen LogP contribution in [0.15, 0.2) is 36.4 Å². The zero-order chi connectivity index (χ0) is 17.6. The van der Waals surface area contributed by atoms with Crippen LogP contribution >= 0.6 is 23.6 Å². The van der Waals surface area contributed by atoms with Gasteiger partial charge >= 0.3 is 5.97 Å². The molecule has 1 N–H and O–H groups in total. The number of carbonyl (C=O) groups excluding carboxylic acids is 1. The van der Waals surface area contributed by atoms with Gasteiger partial charge in [0.1, 0.15) is 5.00 Å². The molecule has 1 saturated heterocycles. The number of thiophene rings is 1. The van der Waals surface area contributed by atoms with E-state index in [0.717, 1.165) is 23.5 Å². The first kappa shape index (κ1) is 17.8. The van der Waals surface area contributed by atoms with E-state index in [1.54, 1.807) is 6.92 Å². The van der Waals surface area contributed by atoms with Crippen LogP contribution in [0, 0.1) is 0 Å². The van der Waals surface area contributed by atoms with E-state index in [2.05, 4.69) is 10.2 Å². The first-order chi connectivity index (χ1) is 12.2. The normalized spacial score (nSPS) is 14.2. The van der Waals surface area contributed by atoms with Crippen molar-refractivity contribution in [2.75, 3.05) is 38.2 Å². The Morgan fingerprint density at radius 1 is 1.32 bits per heavy atom. The molecule has 0 spiro atoms. The molecule has 0 aliphatic carbocycles. The van der Waals surface area contributed by atoms with Gasteiger partial charge in [-0.3, -0.25) is 0 Å². The lowest BCUT2D eigenvalue weighted by Crippen LogP contribution is -2.42. The Hall–Kier alpha value is -1.96. The highest BCUT2D eigenvalue weighted by Crippen LogP contribution is 2.36. The predicted octanol–water partition coefficient (Wildman–Crippen LogP) is 3.62. The molecule has 1 aromatic carbocycles. The minimum Gasteiger partial charge on any atom is -0.462 e. The van der Waals surface area contributed by atoms with Crippen LogP contribution in [0.4, 0.5) is 5.00 Å². The topological polar surface area (TPSA) is 50.8 Å². The van der Waals surface area contributed by atoms with Crippen molar-refractivity contribution in [1.29, 1.82) is 0 Å². The highest BCUT2D eigenvalue weighted by atomic mass is 32.1. The fraction of sp³-hybridized carbons (Fsp3) is 0.333. The van der Waals surface area contributed by atoms with Crippen molar-refractivity contribution < 1.29 is 14.3 Å². The molecule has 0 saturated carbocycles. The maximum absolute atomic E-state index is 12.3. The fourth-order valence-corrected chi connectivity index (χ4v) is 3.93. The minimum absolute atomic E-state index is 0.336. The van der Waals surface area contributed by atoms with E-state index in [1.807, 2.05) is 36.4 Å². The first-order valence-electron chi connectivity index (χ1n) is 8.19. The van der Waals surface area contributed by atoms with Crippen molar-refractivity contribution in [3.05, 3.63) is 42.0 Å². The number of esters is 1. The Balaban J connectivity index is 1.86. The smallest absolute Gasteiger partial charge is 0.341 e. The number of benzene rings is 1. The molecule has 1 aliphatic heterocycles. The molecule has 5 nitrogen and oxygen atoms in total. The van der Waals surface area contributed by atoms with Crippen LogP contribution < -0.4 is 5.32 Å². The molecule has 2 aromatic rings. The summed E-state index contributed by atoms with van der Waals surface area (Å²) in [6.45, 7) is 4.95. The van der Waals surface area contributed by atoms with Gasteiger partial charge in [0.25, 0.3) is 0 Å². The molecule has 1 fully saturated rings. The van der Waals surface area contributed by atoms with E-state index in [0.29, 0.717) is 35.5 Å². The predicted molar refractivity (Wildman–Crippen MR) is 104 cm³/mol. The van der Waals surface area contributed by atoms with Crippen LogP contribution in [0.2, 0.25) is 0 Å². The molecule has 2 heterocycles. The van der Waals surface area contributed by atoms with Crippen molar-refractivity contribution in [1.82, 2.24) is 4.90 Å². The summed E-state index contributed by atoms with van der Waals surface area (Å²) < 4.78 is 10.6. The molecule has 1 aliphatic rings. The number of morpholine rings is 1. The summed E-state index contributed by atoms with van der Waals surface area (Å²) in [5, 5.41) is 4.55. The van der Waals surface area contributed by atoms with Crippen LogP contribution in [-0.2, 0) is 9.47 Å². The van der Waals surface area contributed by atoms with Gasteiger partial charge < -0.3 is 19.7 Å². The number of carbonyl (C=O) groups is 1. The number of nitrogens with zero attached hydrogens (tertiary/aromatic N) is 1. The third-order valence-corrected chi connectivity index (χ3v) is 5.26. The summed E-state index contributed by atoms with van der Waals surface area (Å²) in [5.41, 5.74) is 1.57. The molecule has 0 unspecified atom stereocenters. The quantitative estimate of drug-likeness (QED) is 0.650. The summed E-state index contributed by atoms with van der Waals surface area (Å²) in [5.74, 6) is -0.340. The number of anilines is 1. The highest BCUT2D eigenvalue weighted by molar-refractivity contribution is 7.80. The standard InChI is InChI=1S/C18H20N2O3S2/c1-2-23-17(21)14-12-15(13-6-4-3-5-7-13)25-16(14)19-18(24)20-8-10-22-11-9-20/h3-7,12H,2,8-11H2,1H3,(H,19,24). The van der Waals surface area contributed by atoms with Gasteiger partial charge in [-0.1, -0.05) is 30.3 Å². The van der Waals surface area contributed by atoms with Crippen molar-refractivity contribution >= 4 is 39.6 Å². The molecule has 25 heavy (non-hydrogen) atoms. The summed E-state index contributed by atoms with van der Waals surface area (Å²) in [6, 6.07) is 11.8. The van der Waals surface area contributed by atoms with Crippen molar-refractivity contribution in [3.8, 4) is 10.4 Å². The van der Waals surface area contributed by atoms with Gasteiger partial charge in [-0.2, -0.15) is 0 Å². The molecular weight excluding hydrogens is 356 g/mol. The Labute approximate surface area is 156 Å². The van der Waals surface area contributed by atoms with Gasteiger partial charge in [0.15, 0.2) is 5.11 Å². The third kappa shape index (κ3) is 4.36. The molecule has 0 amide bonds. The van der Waals surface area contributed by atoms with Crippen molar-refractivity contribution in [2.45, 2.75) is 6.92 Å². The van der Waals surface area contributed by atoms with Crippen molar-refractivity contribution in [3.63, 3.8) is 0 Å². The summed E-state index contributed by atoms with van der Waals surface area (Å²) in [6.07, 6.45) is 0. The zero-order valence-corrected chi connectivity index (χ0v) is 15.6. The third-order valence-electron chi connectivity index (χ3n) is 3.80. The van der Waals surface area contributed by atoms with Crippen LogP contribution in [0.25, 0.3) is 10.4 Å². The second kappa shape index (κ2) is 8.42. The average molecular weight is 377 g/mol. The Morgan fingerprint density at radius 3 is 2.72 bits per heavy atom. The molecule has 132 valence electrons.